The van der Waals surface area contributed by atoms with E-state index in [4.69, 9.17) is 16.0 Å². The Morgan fingerprint density at radius 3 is 2.75 bits per heavy atom. The molecule has 0 amide bonds. The Morgan fingerprint density at radius 2 is 2.05 bits per heavy atom. The number of hydrogen-bond donors (Lipinski definition) is 0. The van der Waals surface area contributed by atoms with E-state index in [1.54, 1.807) is 12.1 Å². The summed E-state index contributed by atoms with van der Waals surface area (Å²) in [4.78, 5) is 30.6. The normalized spacial score (nSPS) is 10.8. The third kappa shape index (κ3) is 2.21. The highest BCUT2D eigenvalue weighted by Gasteiger charge is 2.11. The first-order chi connectivity index (χ1) is 9.67. The average molecular weight is 290 g/mol. The number of aromatic nitrogens is 3. The van der Waals surface area contributed by atoms with E-state index in [1.807, 2.05) is 0 Å². The number of nitrogens with zero attached hydrogens (tertiary/aromatic N) is 3. The average Bonchev–Trinajstić information content (AvgIpc) is 2.76. The molecule has 3 rings (SSSR count). The third-order valence-corrected chi connectivity index (χ3v) is 3.00. The van der Waals surface area contributed by atoms with Crippen molar-refractivity contribution in [2.75, 3.05) is 0 Å². The SMILES string of the molecule is O=Cc1ccc2c(c1)oc(=O)n2Cc1ncc(Cl)cn1. The van der Waals surface area contributed by atoms with Crippen molar-refractivity contribution in [3.8, 4) is 0 Å². The van der Waals surface area contributed by atoms with Gasteiger partial charge in [0.2, 0.25) is 0 Å². The summed E-state index contributed by atoms with van der Waals surface area (Å²) < 4.78 is 6.50. The lowest BCUT2D eigenvalue weighted by Gasteiger charge is -2.01. The summed E-state index contributed by atoms with van der Waals surface area (Å²) in [5, 5.41) is 0.425. The number of aldehydes is 1. The van der Waals surface area contributed by atoms with Crippen molar-refractivity contribution in [3.63, 3.8) is 0 Å². The molecule has 0 saturated carbocycles. The molecule has 6 nitrogen and oxygen atoms in total. The lowest BCUT2D eigenvalue weighted by atomic mass is 10.2. The summed E-state index contributed by atoms with van der Waals surface area (Å²) in [5.74, 6) is -0.0831. The molecule has 0 saturated heterocycles. The predicted molar refractivity (Wildman–Crippen MR) is 72.0 cm³/mol. The van der Waals surface area contributed by atoms with Gasteiger partial charge in [-0.25, -0.2) is 14.8 Å². The lowest BCUT2D eigenvalue weighted by molar-refractivity contribution is 0.112. The van der Waals surface area contributed by atoms with Crippen LogP contribution in [-0.2, 0) is 6.54 Å². The second-order valence-corrected chi connectivity index (χ2v) is 4.55. The van der Waals surface area contributed by atoms with E-state index in [-0.39, 0.29) is 6.54 Å². The monoisotopic (exact) mass is 289 g/mol. The van der Waals surface area contributed by atoms with Crippen LogP contribution in [0.25, 0.3) is 11.1 Å². The van der Waals surface area contributed by atoms with Crippen molar-refractivity contribution < 1.29 is 9.21 Å². The van der Waals surface area contributed by atoms with E-state index < -0.39 is 5.76 Å². The maximum atomic E-state index is 11.8. The number of halogens is 1. The van der Waals surface area contributed by atoms with Crippen molar-refractivity contribution >= 4 is 29.0 Å². The van der Waals surface area contributed by atoms with Crippen LogP contribution in [0.5, 0.6) is 0 Å². The molecule has 0 unspecified atom stereocenters. The lowest BCUT2D eigenvalue weighted by Crippen LogP contribution is -2.16. The molecule has 0 aliphatic heterocycles. The third-order valence-electron chi connectivity index (χ3n) is 2.80. The molecule has 0 aliphatic rings. The van der Waals surface area contributed by atoms with Crippen LogP contribution in [0.15, 0.2) is 39.8 Å². The van der Waals surface area contributed by atoms with E-state index in [9.17, 15) is 9.59 Å². The van der Waals surface area contributed by atoms with Crippen molar-refractivity contribution in [2.45, 2.75) is 6.54 Å². The van der Waals surface area contributed by atoms with Gasteiger partial charge in [-0.05, 0) is 18.2 Å². The van der Waals surface area contributed by atoms with Gasteiger partial charge in [0.15, 0.2) is 5.58 Å². The van der Waals surface area contributed by atoms with Crippen molar-refractivity contribution in [1.82, 2.24) is 14.5 Å². The molecule has 0 radical (unpaired) electrons. The first-order valence-corrected chi connectivity index (χ1v) is 6.10. The number of fused-ring (bicyclic) bond motifs is 1. The molecule has 100 valence electrons. The minimum atomic E-state index is -0.526. The van der Waals surface area contributed by atoms with E-state index in [2.05, 4.69) is 9.97 Å². The molecule has 1 aromatic carbocycles. The molecular weight excluding hydrogens is 282 g/mol. The Balaban J connectivity index is 2.07. The van der Waals surface area contributed by atoms with E-state index in [0.717, 1.165) is 0 Å². The van der Waals surface area contributed by atoms with Gasteiger partial charge in [-0.15, -0.1) is 0 Å². The number of benzene rings is 1. The fourth-order valence-electron chi connectivity index (χ4n) is 1.87. The van der Waals surface area contributed by atoms with Gasteiger partial charge in [-0.3, -0.25) is 9.36 Å². The topological polar surface area (TPSA) is 78.0 Å². The van der Waals surface area contributed by atoms with Gasteiger partial charge in [0.05, 0.1) is 17.1 Å². The van der Waals surface area contributed by atoms with Crippen LogP contribution >= 0.6 is 11.6 Å². The number of oxazole rings is 1. The van der Waals surface area contributed by atoms with Crippen LogP contribution in [0.3, 0.4) is 0 Å². The largest absolute Gasteiger partial charge is 0.420 e. The molecule has 0 spiro atoms. The van der Waals surface area contributed by atoms with Gasteiger partial charge in [-0.2, -0.15) is 0 Å². The van der Waals surface area contributed by atoms with E-state index >= 15 is 0 Å². The smallest absolute Gasteiger partial charge is 0.408 e. The van der Waals surface area contributed by atoms with E-state index in [1.165, 1.54) is 23.0 Å². The maximum absolute atomic E-state index is 11.8. The molecule has 0 bridgehead atoms. The van der Waals surface area contributed by atoms with Crippen LogP contribution in [0.1, 0.15) is 16.2 Å². The molecule has 3 aromatic rings. The fraction of sp³-hybridized carbons (Fsp3) is 0.0769. The van der Waals surface area contributed by atoms with Crippen molar-refractivity contribution in [2.24, 2.45) is 0 Å². The molecule has 2 heterocycles. The van der Waals surface area contributed by atoms with Crippen molar-refractivity contribution in [1.29, 1.82) is 0 Å². The molecule has 0 fully saturated rings. The second kappa shape index (κ2) is 4.90. The first-order valence-electron chi connectivity index (χ1n) is 5.72. The minimum Gasteiger partial charge on any atom is -0.408 e. The maximum Gasteiger partial charge on any atom is 0.420 e. The quantitative estimate of drug-likeness (QED) is 0.688. The summed E-state index contributed by atoms with van der Waals surface area (Å²) in [6, 6.07) is 4.78. The molecule has 0 aliphatic carbocycles. The summed E-state index contributed by atoms with van der Waals surface area (Å²) in [6.45, 7) is 0.170. The van der Waals surface area contributed by atoms with Gasteiger partial charge in [0.1, 0.15) is 12.1 Å². The molecule has 0 atom stereocenters. The predicted octanol–water partition coefficient (Wildman–Crippen LogP) is 1.90. The molecule has 2 aromatic heterocycles. The Hall–Kier alpha value is -2.47. The molecule has 0 N–H and O–H groups in total. The molecular formula is C13H8ClN3O3. The Labute approximate surface area is 117 Å². The number of rotatable bonds is 3. The Morgan fingerprint density at radius 1 is 1.30 bits per heavy atom. The van der Waals surface area contributed by atoms with Crippen LogP contribution in [0.4, 0.5) is 0 Å². The fourth-order valence-corrected chi connectivity index (χ4v) is 1.97. The zero-order valence-electron chi connectivity index (χ0n) is 10.1. The first kappa shape index (κ1) is 12.6. The van der Waals surface area contributed by atoms with Crippen LogP contribution in [0.2, 0.25) is 5.02 Å². The highest BCUT2D eigenvalue weighted by atomic mass is 35.5. The van der Waals surface area contributed by atoms with E-state index in [0.29, 0.717) is 33.8 Å². The number of carbonyl (C=O) groups excluding carboxylic acids is 1. The van der Waals surface area contributed by atoms with Gasteiger partial charge in [0.25, 0.3) is 0 Å². The molecule has 7 heteroatoms. The highest BCUT2D eigenvalue weighted by molar-refractivity contribution is 6.30. The highest BCUT2D eigenvalue weighted by Crippen LogP contribution is 2.15. The number of carbonyl (C=O) groups is 1. The standard InChI is InChI=1S/C13H8ClN3O3/c14-9-4-15-12(16-5-9)6-17-10-2-1-8(7-18)3-11(10)20-13(17)19/h1-5,7H,6H2. The Kier molecular flexibility index (Phi) is 3.08. The second-order valence-electron chi connectivity index (χ2n) is 4.12. The van der Waals surface area contributed by atoms with Crippen LogP contribution < -0.4 is 5.76 Å². The summed E-state index contributed by atoms with van der Waals surface area (Å²) in [6.07, 6.45) is 3.61. The Bertz CT molecular complexity index is 836. The minimum absolute atomic E-state index is 0.170. The van der Waals surface area contributed by atoms with Crippen LogP contribution in [0, 0.1) is 0 Å². The zero-order chi connectivity index (χ0) is 14.1. The summed E-state index contributed by atoms with van der Waals surface area (Å²) in [5.41, 5.74) is 1.38. The summed E-state index contributed by atoms with van der Waals surface area (Å²) >= 11 is 5.71. The summed E-state index contributed by atoms with van der Waals surface area (Å²) in [7, 11) is 0. The van der Waals surface area contributed by atoms with Gasteiger partial charge < -0.3 is 4.42 Å². The van der Waals surface area contributed by atoms with Crippen molar-refractivity contribution in [3.05, 3.63) is 57.6 Å². The molecule has 20 heavy (non-hydrogen) atoms. The van der Waals surface area contributed by atoms with Gasteiger partial charge >= 0.3 is 5.76 Å². The zero-order valence-corrected chi connectivity index (χ0v) is 10.9. The van der Waals surface area contributed by atoms with Gasteiger partial charge in [0, 0.05) is 18.0 Å². The van der Waals surface area contributed by atoms with Gasteiger partial charge in [-0.1, -0.05) is 11.6 Å². The van der Waals surface area contributed by atoms with Crippen LogP contribution in [-0.4, -0.2) is 20.8 Å². The number of hydrogen-bond acceptors (Lipinski definition) is 5.